The SMILES string of the molecule is CC1CCC(N(C)C(C)(CN)Cc2cccc(F)c2)CC1. The van der Waals surface area contributed by atoms with Gasteiger partial charge in [-0.05, 0) is 69.7 Å². The number of hydrogen-bond donors (Lipinski definition) is 1. The van der Waals surface area contributed by atoms with Crippen LogP contribution >= 0.6 is 0 Å². The molecule has 0 radical (unpaired) electrons. The van der Waals surface area contributed by atoms with E-state index in [1.165, 1.54) is 31.7 Å². The molecule has 118 valence electrons. The van der Waals surface area contributed by atoms with Crippen molar-refractivity contribution < 1.29 is 4.39 Å². The van der Waals surface area contributed by atoms with Gasteiger partial charge in [0.15, 0.2) is 0 Å². The van der Waals surface area contributed by atoms with Crippen LogP contribution in [-0.4, -0.2) is 30.1 Å². The highest BCUT2D eigenvalue weighted by Gasteiger charge is 2.34. The molecular weight excluding hydrogens is 263 g/mol. The molecule has 2 nitrogen and oxygen atoms in total. The van der Waals surface area contributed by atoms with Crippen LogP contribution in [0.3, 0.4) is 0 Å². The van der Waals surface area contributed by atoms with E-state index in [-0.39, 0.29) is 11.4 Å². The predicted molar refractivity (Wildman–Crippen MR) is 86.7 cm³/mol. The van der Waals surface area contributed by atoms with Crippen LogP contribution < -0.4 is 5.73 Å². The fraction of sp³-hybridized carbons (Fsp3) is 0.667. The second-order valence-corrected chi connectivity index (χ2v) is 7.03. The summed E-state index contributed by atoms with van der Waals surface area (Å²) < 4.78 is 13.4. The number of hydrogen-bond acceptors (Lipinski definition) is 2. The summed E-state index contributed by atoms with van der Waals surface area (Å²) in [6.07, 6.45) is 5.89. The first-order valence-electron chi connectivity index (χ1n) is 8.12. The Morgan fingerprint density at radius 3 is 2.52 bits per heavy atom. The third-order valence-electron chi connectivity index (χ3n) is 5.30. The van der Waals surface area contributed by atoms with Gasteiger partial charge in [0.05, 0.1) is 0 Å². The summed E-state index contributed by atoms with van der Waals surface area (Å²) in [4.78, 5) is 2.45. The molecule has 1 atom stereocenters. The lowest BCUT2D eigenvalue weighted by molar-refractivity contribution is 0.0624. The first-order chi connectivity index (χ1) is 9.94. The van der Waals surface area contributed by atoms with E-state index in [0.717, 1.165) is 17.9 Å². The molecule has 1 fully saturated rings. The van der Waals surface area contributed by atoms with Crippen LogP contribution in [0.4, 0.5) is 4.39 Å². The smallest absolute Gasteiger partial charge is 0.123 e. The van der Waals surface area contributed by atoms with Crippen molar-refractivity contribution in [3.63, 3.8) is 0 Å². The van der Waals surface area contributed by atoms with Crippen LogP contribution in [0, 0.1) is 11.7 Å². The van der Waals surface area contributed by atoms with Crippen molar-refractivity contribution in [3.8, 4) is 0 Å². The fourth-order valence-corrected chi connectivity index (χ4v) is 3.50. The molecule has 2 N–H and O–H groups in total. The third kappa shape index (κ3) is 4.04. The van der Waals surface area contributed by atoms with Gasteiger partial charge in [-0.15, -0.1) is 0 Å². The number of nitrogens with two attached hydrogens (primary N) is 1. The van der Waals surface area contributed by atoms with Crippen molar-refractivity contribution in [3.05, 3.63) is 35.6 Å². The lowest BCUT2D eigenvalue weighted by atomic mass is 9.83. The lowest BCUT2D eigenvalue weighted by Gasteiger charge is -2.45. The normalized spacial score (nSPS) is 25.8. The fourth-order valence-electron chi connectivity index (χ4n) is 3.50. The van der Waals surface area contributed by atoms with Gasteiger partial charge in [-0.3, -0.25) is 4.90 Å². The Balaban J connectivity index is 2.08. The monoisotopic (exact) mass is 292 g/mol. The first kappa shape index (κ1) is 16.4. The van der Waals surface area contributed by atoms with Gasteiger partial charge >= 0.3 is 0 Å². The van der Waals surface area contributed by atoms with E-state index in [4.69, 9.17) is 5.73 Å². The molecule has 1 aliphatic rings. The highest BCUT2D eigenvalue weighted by atomic mass is 19.1. The van der Waals surface area contributed by atoms with Gasteiger partial charge in [0.2, 0.25) is 0 Å². The Morgan fingerprint density at radius 2 is 1.95 bits per heavy atom. The minimum Gasteiger partial charge on any atom is -0.329 e. The average Bonchev–Trinajstić information content (AvgIpc) is 2.47. The topological polar surface area (TPSA) is 29.3 Å². The summed E-state index contributed by atoms with van der Waals surface area (Å²) in [6, 6.07) is 7.50. The van der Waals surface area contributed by atoms with Gasteiger partial charge in [0.1, 0.15) is 5.82 Å². The van der Waals surface area contributed by atoms with Crippen molar-refractivity contribution in [1.29, 1.82) is 0 Å². The van der Waals surface area contributed by atoms with Crippen LogP contribution in [-0.2, 0) is 6.42 Å². The maximum Gasteiger partial charge on any atom is 0.123 e. The number of benzene rings is 1. The van der Waals surface area contributed by atoms with Crippen LogP contribution in [0.5, 0.6) is 0 Å². The summed E-state index contributed by atoms with van der Waals surface area (Å²) in [5.41, 5.74) is 7.01. The summed E-state index contributed by atoms with van der Waals surface area (Å²) >= 11 is 0. The molecule has 0 amide bonds. The largest absolute Gasteiger partial charge is 0.329 e. The van der Waals surface area contributed by atoms with Crippen molar-refractivity contribution in [2.75, 3.05) is 13.6 Å². The van der Waals surface area contributed by atoms with Crippen LogP contribution in [0.1, 0.15) is 45.1 Å². The average molecular weight is 292 g/mol. The molecule has 1 aliphatic carbocycles. The Labute approximate surface area is 128 Å². The molecule has 0 heterocycles. The van der Waals surface area contributed by atoms with Gasteiger partial charge in [-0.25, -0.2) is 4.39 Å². The quantitative estimate of drug-likeness (QED) is 0.898. The zero-order valence-electron chi connectivity index (χ0n) is 13.6. The molecule has 0 aromatic heterocycles. The molecule has 2 rings (SSSR count). The Morgan fingerprint density at radius 1 is 1.29 bits per heavy atom. The van der Waals surface area contributed by atoms with E-state index in [1.807, 2.05) is 6.07 Å². The maximum atomic E-state index is 13.4. The molecule has 0 spiro atoms. The molecule has 0 aliphatic heterocycles. The van der Waals surface area contributed by atoms with Crippen LogP contribution in [0.25, 0.3) is 0 Å². The third-order valence-corrected chi connectivity index (χ3v) is 5.30. The second kappa shape index (κ2) is 6.89. The predicted octanol–water partition coefficient (Wildman–Crippen LogP) is 3.60. The molecule has 3 heteroatoms. The first-order valence-corrected chi connectivity index (χ1v) is 8.12. The molecule has 1 aromatic rings. The van der Waals surface area contributed by atoms with E-state index < -0.39 is 0 Å². The van der Waals surface area contributed by atoms with Crippen molar-refractivity contribution in [2.24, 2.45) is 11.7 Å². The van der Waals surface area contributed by atoms with Crippen LogP contribution in [0.15, 0.2) is 24.3 Å². The van der Waals surface area contributed by atoms with Crippen molar-refractivity contribution in [2.45, 2.75) is 57.5 Å². The summed E-state index contributed by atoms with van der Waals surface area (Å²) in [7, 11) is 2.19. The number of nitrogens with zero attached hydrogens (tertiary/aromatic N) is 1. The minimum absolute atomic E-state index is 0.112. The molecule has 0 bridgehead atoms. The number of likely N-dealkylation sites (N-methyl/N-ethyl adjacent to an activating group) is 1. The van der Waals surface area contributed by atoms with Gasteiger partial charge in [-0.1, -0.05) is 19.1 Å². The molecule has 21 heavy (non-hydrogen) atoms. The lowest BCUT2D eigenvalue weighted by Crippen LogP contribution is -2.56. The number of halogens is 1. The Kier molecular flexibility index (Phi) is 5.39. The van der Waals surface area contributed by atoms with Crippen LogP contribution in [0.2, 0.25) is 0 Å². The van der Waals surface area contributed by atoms with Gasteiger partial charge in [0, 0.05) is 18.1 Å². The summed E-state index contributed by atoms with van der Waals surface area (Å²) in [5.74, 6) is 0.683. The van der Waals surface area contributed by atoms with Gasteiger partial charge in [-0.2, -0.15) is 0 Å². The highest BCUT2D eigenvalue weighted by Crippen LogP contribution is 2.31. The van der Waals surface area contributed by atoms with E-state index in [2.05, 4.69) is 25.8 Å². The van der Waals surface area contributed by atoms with Crippen molar-refractivity contribution >= 4 is 0 Å². The Bertz CT molecular complexity index is 454. The maximum absolute atomic E-state index is 13.4. The van der Waals surface area contributed by atoms with E-state index >= 15 is 0 Å². The summed E-state index contributed by atoms with van der Waals surface area (Å²) in [6.45, 7) is 5.13. The zero-order valence-corrected chi connectivity index (χ0v) is 13.6. The van der Waals surface area contributed by atoms with Crippen molar-refractivity contribution in [1.82, 2.24) is 4.90 Å². The summed E-state index contributed by atoms with van der Waals surface area (Å²) in [5, 5.41) is 0. The van der Waals surface area contributed by atoms with E-state index in [1.54, 1.807) is 12.1 Å². The Hall–Kier alpha value is -0.930. The zero-order chi connectivity index (χ0) is 15.5. The number of rotatable bonds is 5. The standard InChI is InChI=1S/C18H29FN2/c1-14-7-9-17(10-8-14)21(3)18(2,13-20)12-15-5-4-6-16(19)11-15/h4-6,11,14,17H,7-10,12-13,20H2,1-3H3. The molecule has 1 aromatic carbocycles. The van der Waals surface area contributed by atoms with E-state index in [0.29, 0.717) is 12.6 Å². The second-order valence-electron chi connectivity index (χ2n) is 7.03. The molecular formula is C18H29FN2. The molecule has 1 saturated carbocycles. The molecule has 1 unspecified atom stereocenters. The molecule has 0 saturated heterocycles. The minimum atomic E-state index is -0.166. The van der Waals surface area contributed by atoms with Gasteiger partial charge < -0.3 is 5.73 Å². The van der Waals surface area contributed by atoms with Gasteiger partial charge in [0.25, 0.3) is 0 Å². The highest BCUT2D eigenvalue weighted by molar-refractivity contribution is 5.19. The van der Waals surface area contributed by atoms with E-state index in [9.17, 15) is 4.39 Å².